The molecule has 0 amide bonds. The molecule has 1 rings (SSSR count). The van der Waals surface area contributed by atoms with Crippen LogP contribution in [0.3, 0.4) is 0 Å². The third-order valence-electron chi connectivity index (χ3n) is 2.30. The highest BCUT2D eigenvalue weighted by Crippen LogP contribution is 2.14. The molecule has 0 fully saturated rings. The Kier molecular flexibility index (Phi) is 4.04. The normalized spacial score (nSPS) is 12.6. The number of hydrogen-bond donors (Lipinski definition) is 0. The second-order valence-electron chi connectivity index (χ2n) is 6.30. The molecule has 1 aromatic rings. The summed E-state index contributed by atoms with van der Waals surface area (Å²) in [5.74, 6) is -0.0950. The van der Waals surface area contributed by atoms with Crippen LogP contribution in [0.2, 0.25) is 39.3 Å². The lowest BCUT2D eigenvalue weighted by molar-refractivity contribution is -0.134. The third kappa shape index (κ3) is 4.51. The molecule has 0 N–H and O–H groups in total. The molecule has 3 nitrogen and oxygen atoms in total. The van der Waals surface area contributed by atoms with Gasteiger partial charge in [0, 0.05) is 5.69 Å². The summed E-state index contributed by atoms with van der Waals surface area (Å²) in [7, 11) is -3.20. The fourth-order valence-corrected chi connectivity index (χ4v) is 4.04. The van der Waals surface area contributed by atoms with Crippen LogP contribution in [0.15, 0.2) is 18.3 Å². The molecule has 0 aliphatic heterocycles. The zero-order valence-corrected chi connectivity index (χ0v) is 13.7. The van der Waals surface area contributed by atoms with Crippen LogP contribution in [0.5, 0.6) is 0 Å². The second-order valence-corrected chi connectivity index (χ2v) is 15.6. The SMILES string of the molecule is C[Si](C)(C)OC(=O)Cc1cccn1[Si](C)(C)C. The van der Waals surface area contributed by atoms with E-state index in [9.17, 15) is 4.79 Å². The van der Waals surface area contributed by atoms with Gasteiger partial charge in [-0.05, 0) is 38.0 Å². The van der Waals surface area contributed by atoms with Crippen LogP contribution >= 0.6 is 0 Å². The molecule has 0 bridgehead atoms. The molecule has 0 aliphatic rings. The van der Waals surface area contributed by atoms with Crippen LogP contribution in [-0.2, 0) is 15.6 Å². The van der Waals surface area contributed by atoms with E-state index >= 15 is 0 Å². The van der Waals surface area contributed by atoms with Gasteiger partial charge in [0.05, 0.1) is 6.42 Å². The Morgan fingerprint density at radius 2 is 1.82 bits per heavy atom. The molecule has 0 aliphatic carbocycles. The lowest BCUT2D eigenvalue weighted by Gasteiger charge is -2.23. The van der Waals surface area contributed by atoms with Crippen molar-refractivity contribution in [1.82, 2.24) is 4.23 Å². The van der Waals surface area contributed by atoms with Crippen LogP contribution in [0.1, 0.15) is 5.69 Å². The highest BCUT2D eigenvalue weighted by atomic mass is 28.4. The van der Waals surface area contributed by atoms with Crippen molar-refractivity contribution in [1.29, 1.82) is 0 Å². The van der Waals surface area contributed by atoms with Crippen LogP contribution in [0.4, 0.5) is 0 Å². The summed E-state index contributed by atoms with van der Waals surface area (Å²) in [5, 5.41) is 0. The molecule has 17 heavy (non-hydrogen) atoms. The van der Waals surface area contributed by atoms with Gasteiger partial charge in [0.25, 0.3) is 5.97 Å². The van der Waals surface area contributed by atoms with Crippen molar-refractivity contribution in [3.05, 3.63) is 24.0 Å². The van der Waals surface area contributed by atoms with Crippen LogP contribution in [-0.4, -0.2) is 26.8 Å². The molecular weight excluding hydrogens is 246 g/mol. The zero-order valence-electron chi connectivity index (χ0n) is 11.7. The smallest absolute Gasteiger partial charge is 0.298 e. The maximum atomic E-state index is 11.8. The predicted molar refractivity (Wildman–Crippen MR) is 76.3 cm³/mol. The highest BCUT2D eigenvalue weighted by molar-refractivity contribution is 6.74. The van der Waals surface area contributed by atoms with E-state index < -0.39 is 16.6 Å². The van der Waals surface area contributed by atoms with Crippen molar-refractivity contribution in [3.8, 4) is 0 Å². The zero-order chi connectivity index (χ0) is 13.3. The minimum atomic E-state index is -1.76. The maximum absolute atomic E-state index is 11.8. The number of carbonyl (C=O) groups excluding carboxylic acids is 1. The van der Waals surface area contributed by atoms with E-state index in [2.05, 4.69) is 30.1 Å². The van der Waals surface area contributed by atoms with Crippen molar-refractivity contribution in [2.24, 2.45) is 0 Å². The van der Waals surface area contributed by atoms with Gasteiger partial charge in [-0.3, -0.25) is 4.79 Å². The molecule has 0 unspecified atom stereocenters. The molecule has 1 heterocycles. The Morgan fingerprint density at radius 3 is 2.29 bits per heavy atom. The molecular formula is C12H23NO2Si2. The predicted octanol–water partition coefficient (Wildman–Crippen LogP) is 3.09. The first kappa shape index (κ1) is 14.2. The lowest BCUT2D eigenvalue weighted by Crippen LogP contribution is -2.35. The van der Waals surface area contributed by atoms with E-state index in [1.54, 1.807) is 0 Å². The molecule has 1 aromatic heterocycles. The summed E-state index contributed by atoms with van der Waals surface area (Å²) >= 11 is 0. The number of carbonyl (C=O) groups is 1. The fraction of sp³-hybridized carbons (Fsp3) is 0.583. The standard InChI is InChI=1S/C12H23NO2Si2/c1-16(2,3)13-9-7-8-11(13)10-12(14)15-17(4,5)6/h7-9H,10H2,1-6H3. The van der Waals surface area contributed by atoms with Gasteiger partial charge in [0.2, 0.25) is 8.32 Å². The first-order chi connectivity index (χ1) is 7.59. The molecule has 0 radical (unpaired) electrons. The van der Waals surface area contributed by atoms with Gasteiger partial charge in [-0.15, -0.1) is 0 Å². The van der Waals surface area contributed by atoms with E-state index in [-0.39, 0.29) is 5.97 Å². The molecule has 0 saturated carbocycles. The quantitative estimate of drug-likeness (QED) is 0.787. The van der Waals surface area contributed by atoms with Crippen molar-refractivity contribution in [3.63, 3.8) is 0 Å². The molecule has 0 spiro atoms. The van der Waals surface area contributed by atoms with E-state index in [1.165, 1.54) is 0 Å². The Balaban J connectivity index is 2.77. The first-order valence-corrected chi connectivity index (χ1v) is 12.8. The maximum Gasteiger partial charge on any atom is 0.298 e. The van der Waals surface area contributed by atoms with Crippen LogP contribution < -0.4 is 0 Å². The highest BCUT2D eigenvalue weighted by Gasteiger charge is 2.23. The number of rotatable bonds is 4. The third-order valence-corrected chi connectivity index (χ3v) is 5.02. The largest absolute Gasteiger partial charge is 0.520 e. The number of nitrogens with zero attached hydrogens (tertiary/aromatic N) is 1. The molecule has 0 saturated heterocycles. The monoisotopic (exact) mass is 269 g/mol. The Labute approximate surface area is 106 Å². The van der Waals surface area contributed by atoms with Crippen molar-refractivity contribution < 1.29 is 9.22 Å². The summed E-state index contributed by atoms with van der Waals surface area (Å²) in [5.41, 5.74) is 1.08. The van der Waals surface area contributed by atoms with Crippen molar-refractivity contribution in [2.45, 2.75) is 45.7 Å². The van der Waals surface area contributed by atoms with Gasteiger partial charge in [-0.25, -0.2) is 0 Å². The molecule has 5 heteroatoms. The summed E-state index contributed by atoms with van der Waals surface area (Å²) in [6.07, 6.45) is 2.46. The molecule has 96 valence electrons. The van der Waals surface area contributed by atoms with E-state index in [1.807, 2.05) is 31.8 Å². The number of hydrogen-bond acceptors (Lipinski definition) is 2. The van der Waals surface area contributed by atoms with Gasteiger partial charge in [-0.1, -0.05) is 19.6 Å². The summed E-state index contributed by atoms with van der Waals surface area (Å²) < 4.78 is 7.74. The first-order valence-electron chi connectivity index (χ1n) is 5.98. The summed E-state index contributed by atoms with van der Waals surface area (Å²) in [4.78, 5) is 11.8. The van der Waals surface area contributed by atoms with Gasteiger partial charge in [0.1, 0.15) is 0 Å². The van der Waals surface area contributed by atoms with Crippen LogP contribution in [0.25, 0.3) is 0 Å². The van der Waals surface area contributed by atoms with Crippen molar-refractivity contribution >= 4 is 22.5 Å². The van der Waals surface area contributed by atoms with E-state index in [4.69, 9.17) is 4.43 Å². The summed E-state index contributed by atoms with van der Waals surface area (Å²) in [6.45, 7) is 12.9. The average Bonchev–Trinajstić information content (AvgIpc) is 2.46. The van der Waals surface area contributed by atoms with Crippen molar-refractivity contribution in [2.75, 3.05) is 0 Å². The fourth-order valence-electron chi connectivity index (χ4n) is 1.74. The number of aromatic nitrogens is 1. The summed E-state index contributed by atoms with van der Waals surface area (Å²) in [6, 6.07) is 4.03. The van der Waals surface area contributed by atoms with Crippen LogP contribution in [0, 0.1) is 0 Å². The second kappa shape index (κ2) is 4.82. The van der Waals surface area contributed by atoms with Gasteiger partial charge >= 0.3 is 0 Å². The lowest BCUT2D eigenvalue weighted by atomic mass is 10.3. The average molecular weight is 269 g/mol. The Bertz CT molecular complexity index is 399. The van der Waals surface area contributed by atoms with Gasteiger partial charge in [0.15, 0.2) is 8.24 Å². The molecule has 0 aromatic carbocycles. The van der Waals surface area contributed by atoms with Gasteiger partial charge < -0.3 is 8.66 Å². The minimum Gasteiger partial charge on any atom is -0.520 e. The Hall–Kier alpha value is -0.816. The van der Waals surface area contributed by atoms with E-state index in [0.29, 0.717) is 6.42 Å². The van der Waals surface area contributed by atoms with Gasteiger partial charge in [-0.2, -0.15) is 0 Å². The van der Waals surface area contributed by atoms with E-state index in [0.717, 1.165) is 5.69 Å². The topological polar surface area (TPSA) is 31.2 Å². The molecule has 0 atom stereocenters. The Morgan fingerprint density at radius 1 is 1.24 bits per heavy atom. The minimum absolute atomic E-state index is 0.0950.